The van der Waals surface area contributed by atoms with Gasteiger partial charge in [0.25, 0.3) is 0 Å². The largest absolute Gasteiger partial charge is 0.321 e. The van der Waals surface area contributed by atoms with Crippen molar-refractivity contribution in [2.24, 2.45) is 5.14 Å². The third kappa shape index (κ3) is 2.98. The fourth-order valence-electron chi connectivity index (χ4n) is 2.56. The average molecular weight is 367 g/mol. The maximum absolute atomic E-state index is 11.4. The summed E-state index contributed by atoms with van der Waals surface area (Å²) < 4.78 is 24.4. The van der Waals surface area contributed by atoms with Crippen LogP contribution in [-0.4, -0.2) is 33.2 Å². The molecule has 0 spiro atoms. The first kappa shape index (κ1) is 16.1. The zero-order chi connectivity index (χ0) is 18.1. The Morgan fingerprint density at radius 2 is 1.69 bits per heavy atom. The van der Waals surface area contributed by atoms with Gasteiger partial charge < -0.3 is 5.32 Å². The normalized spacial score (nSPS) is 11.6. The van der Waals surface area contributed by atoms with Crippen molar-refractivity contribution < 1.29 is 8.42 Å². The first-order chi connectivity index (χ1) is 12.5. The number of primary sulfonamides is 1. The highest BCUT2D eigenvalue weighted by Crippen LogP contribution is 2.30. The van der Waals surface area contributed by atoms with E-state index in [-0.39, 0.29) is 4.90 Å². The van der Waals surface area contributed by atoms with Crippen LogP contribution in [0.2, 0.25) is 0 Å². The second kappa shape index (κ2) is 6.17. The van der Waals surface area contributed by atoms with Crippen LogP contribution in [0, 0.1) is 0 Å². The summed E-state index contributed by atoms with van der Waals surface area (Å²) in [5.74, 6) is 0.432. The lowest BCUT2D eigenvalue weighted by Crippen LogP contribution is -2.11. The molecule has 4 aromatic rings. The van der Waals surface area contributed by atoms with Gasteiger partial charge in [0.1, 0.15) is 5.52 Å². The Labute approximate surface area is 148 Å². The van der Waals surface area contributed by atoms with Crippen LogP contribution in [0.25, 0.3) is 16.6 Å². The number of hydrogen-bond donors (Lipinski definition) is 2. The van der Waals surface area contributed by atoms with Crippen molar-refractivity contribution in [3.05, 3.63) is 61.2 Å². The first-order valence-electron chi connectivity index (χ1n) is 7.53. The molecular weight excluding hydrogens is 354 g/mol. The zero-order valence-corrected chi connectivity index (χ0v) is 14.1. The van der Waals surface area contributed by atoms with Crippen molar-refractivity contribution in [3.63, 3.8) is 0 Å². The van der Waals surface area contributed by atoms with Crippen molar-refractivity contribution in [3.8, 4) is 11.1 Å². The fourth-order valence-corrected chi connectivity index (χ4v) is 3.08. The number of rotatable bonds is 4. The maximum Gasteiger partial charge on any atom is 0.238 e. The van der Waals surface area contributed by atoms with Gasteiger partial charge in [-0.25, -0.2) is 23.5 Å². The molecule has 0 radical (unpaired) electrons. The molecule has 130 valence electrons. The van der Waals surface area contributed by atoms with E-state index in [0.717, 1.165) is 11.1 Å². The zero-order valence-electron chi connectivity index (χ0n) is 13.3. The highest BCUT2D eigenvalue weighted by atomic mass is 32.2. The molecule has 26 heavy (non-hydrogen) atoms. The van der Waals surface area contributed by atoms with Crippen LogP contribution in [0.3, 0.4) is 0 Å². The molecule has 9 nitrogen and oxygen atoms in total. The minimum Gasteiger partial charge on any atom is -0.321 e. The Morgan fingerprint density at radius 1 is 0.962 bits per heavy atom. The SMILES string of the molecule is NS(=O)(=O)c1ccc(-c2ccnn3ncc(Nc4ncccn4)c23)cc1. The number of anilines is 2. The van der Waals surface area contributed by atoms with Crippen LogP contribution < -0.4 is 10.5 Å². The molecule has 3 N–H and O–H groups in total. The van der Waals surface area contributed by atoms with Crippen molar-refractivity contribution >= 4 is 27.2 Å². The van der Waals surface area contributed by atoms with E-state index in [1.54, 1.807) is 43.0 Å². The number of nitrogens with zero attached hydrogens (tertiary/aromatic N) is 5. The van der Waals surface area contributed by atoms with Crippen molar-refractivity contribution in [1.82, 2.24) is 24.8 Å². The maximum atomic E-state index is 11.4. The Hall–Kier alpha value is -3.37. The molecule has 0 saturated carbocycles. The van der Waals surface area contributed by atoms with E-state index in [0.29, 0.717) is 17.2 Å². The fraction of sp³-hybridized carbons (Fsp3) is 0. The van der Waals surface area contributed by atoms with Crippen molar-refractivity contribution in [2.45, 2.75) is 4.90 Å². The summed E-state index contributed by atoms with van der Waals surface area (Å²) in [6.45, 7) is 0. The van der Waals surface area contributed by atoms with Gasteiger partial charge in [-0.05, 0) is 29.8 Å². The lowest BCUT2D eigenvalue weighted by Gasteiger charge is -2.08. The Morgan fingerprint density at radius 3 is 2.38 bits per heavy atom. The molecule has 0 aliphatic rings. The Balaban J connectivity index is 1.81. The highest BCUT2D eigenvalue weighted by Gasteiger charge is 2.14. The molecule has 4 rings (SSSR count). The highest BCUT2D eigenvalue weighted by molar-refractivity contribution is 7.89. The van der Waals surface area contributed by atoms with Gasteiger partial charge in [0, 0.05) is 18.0 Å². The van der Waals surface area contributed by atoms with E-state index in [9.17, 15) is 8.42 Å². The van der Waals surface area contributed by atoms with Gasteiger partial charge in [0.15, 0.2) is 0 Å². The summed E-state index contributed by atoms with van der Waals surface area (Å²) in [5, 5.41) is 16.7. The molecule has 10 heteroatoms. The van der Waals surface area contributed by atoms with Gasteiger partial charge in [-0.2, -0.15) is 10.2 Å². The summed E-state index contributed by atoms with van der Waals surface area (Å²) in [4.78, 5) is 8.33. The van der Waals surface area contributed by atoms with E-state index in [2.05, 4.69) is 25.5 Å². The standard InChI is InChI=1S/C16H13N7O2S/c17-26(24,25)12-4-2-11(3-5-12)13-6-9-20-23-15(13)14(10-21-23)22-16-18-7-1-8-19-16/h1-10H,(H2,17,24,25)(H,18,19,22). The van der Waals surface area contributed by atoms with Crippen LogP contribution in [0.1, 0.15) is 0 Å². The minimum atomic E-state index is -3.74. The summed E-state index contributed by atoms with van der Waals surface area (Å²) in [5.41, 5.74) is 3.00. The predicted molar refractivity (Wildman–Crippen MR) is 95.1 cm³/mol. The third-order valence-electron chi connectivity index (χ3n) is 3.73. The van der Waals surface area contributed by atoms with Gasteiger partial charge in [0.2, 0.25) is 16.0 Å². The average Bonchev–Trinajstić information content (AvgIpc) is 3.05. The number of sulfonamides is 1. The molecular formula is C16H13N7O2S. The quantitative estimate of drug-likeness (QED) is 0.560. The lowest BCUT2D eigenvalue weighted by molar-refractivity contribution is 0.598. The molecule has 0 bridgehead atoms. The molecule has 0 atom stereocenters. The third-order valence-corrected chi connectivity index (χ3v) is 4.66. The first-order valence-corrected chi connectivity index (χ1v) is 9.07. The second-order valence-corrected chi connectivity index (χ2v) is 6.97. The van der Waals surface area contributed by atoms with Gasteiger partial charge in [-0.15, -0.1) is 4.63 Å². The summed E-state index contributed by atoms with van der Waals surface area (Å²) in [6.07, 6.45) is 6.50. The molecule has 0 fully saturated rings. The van der Waals surface area contributed by atoms with E-state index < -0.39 is 10.0 Å². The van der Waals surface area contributed by atoms with Gasteiger partial charge in [-0.1, -0.05) is 12.1 Å². The molecule has 0 unspecified atom stereocenters. The molecule has 0 amide bonds. The van der Waals surface area contributed by atoms with E-state index >= 15 is 0 Å². The van der Waals surface area contributed by atoms with Crippen molar-refractivity contribution in [1.29, 1.82) is 0 Å². The lowest BCUT2D eigenvalue weighted by atomic mass is 10.1. The van der Waals surface area contributed by atoms with Crippen molar-refractivity contribution in [2.75, 3.05) is 5.32 Å². The summed E-state index contributed by atoms with van der Waals surface area (Å²) in [7, 11) is -3.74. The van der Waals surface area contributed by atoms with Gasteiger partial charge >= 0.3 is 0 Å². The number of benzene rings is 1. The van der Waals surface area contributed by atoms with Crippen LogP contribution in [0.5, 0.6) is 0 Å². The number of fused-ring (bicyclic) bond motifs is 1. The van der Waals surface area contributed by atoms with E-state index in [1.165, 1.54) is 16.8 Å². The topological polar surface area (TPSA) is 128 Å². The molecule has 1 aromatic carbocycles. The van der Waals surface area contributed by atoms with Gasteiger partial charge in [-0.3, -0.25) is 0 Å². The van der Waals surface area contributed by atoms with Gasteiger partial charge in [0.05, 0.1) is 23.0 Å². The molecule has 0 aliphatic carbocycles. The summed E-state index contributed by atoms with van der Waals surface area (Å²) >= 11 is 0. The molecule has 0 aliphatic heterocycles. The molecule has 3 heterocycles. The van der Waals surface area contributed by atoms with E-state index in [1.807, 2.05) is 6.07 Å². The number of nitrogens with two attached hydrogens (primary N) is 1. The Bertz CT molecular complexity index is 1170. The van der Waals surface area contributed by atoms with Crippen LogP contribution in [-0.2, 0) is 10.0 Å². The van der Waals surface area contributed by atoms with Crippen LogP contribution in [0.15, 0.2) is 66.1 Å². The van der Waals surface area contributed by atoms with Crippen LogP contribution in [0.4, 0.5) is 11.6 Å². The smallest absolute Gasteiger partial charge is 0.238 e. The number of hydrogen-bond acceptors (Lipinski definition) is 7. The monoisotopic (exact) mass is 367 g/mol. The second-order valence-electron chi connectivity index (χ2n) is 5.41. The molecule has 3 aromatic heterocycles. The number of nitrogens with one attached hydrogen (secondary N) is 1. The minimum absolute atomic E-state index is 0.0517. The number of aromatic nitrogens is 5. The van der Waals surface area contributed by atoms with E-state index in [4.69, 9.17) is 5.14 Å². The predicted octanol–water partition coefficient (Wildman–Crippen LogP) is 1.58. The Kier molecular flexibility index (Phi) is 3.82. The summed E-state index contributed by atoms with van der Waals surface area (Å²) in [6, 6.07) is 9.84. The van der Waals surface area contributed by atoms with Crippen LogP contribution >= 0.6 is 0 Å². The molecule has 0 saturated heterocycles.